The van der Waals surface area contributed by atoms with E-state index >= 15 is 0 Å². The minimum atomic E-state index is -0.982. The number of aryl methyl sites for hydroxylation is 2. The molecule has 2 aromatic rings. The Bertz CT molecular complexity index is 793. The van der Waals surface area contributed by atoms with E-state index in [0.717, 1.165) is 16.9 Å². The molecule has 0 aliphatic carbocycles. The van der Waals surface area contributed by atoms with Crippen molar-refractivity contribution in [3.63, 3.8) is 0 Å². The Labute approximate surface area is 145 Å². The van der Waals surface area contributed by atoms with Crippen LogP contribution in [0.15, 0.2) is 28.8 Å². The fourth-order valence-corrected chi connectivity index (χ4v) is 3.05. The van der Waals surface area contributed by atoms with Crippen molar-refractivity contribution < 1.29 is 18.8 Å². The van der Waals surface area contributed by atoms with Gasteiger partial charge in [-0.05, 0) is 38.5 Å². The molecule has 1 aromatic carbocycles. The lowest BCUT2D eigenvalue weighted by Gasteiger charge is -2.22. The molecule has 3 amide bonds. The van der Waals surface area contributed by atoms with Gasteiger partial charge in [0, 0.05) is 12.0 Å². The summed E-state index contributed by atoms with van der Waals surface area (Å²) in [5, 5.41) is 6.69. The summed E-state index contributed by atoms with van der Waals surface area (Å²) in [5.41, 5.74) is 1.40. The lowest BCUT2D eigenvalue weighted by molar-refractivity contribution is -0.131. The van der Waals surface area contributed by atoms with Crippen LogP contribution >= 0.6 is 0 Å². The van der Waals surface area contributed by atoms with Crippen LogP contribution in [0.2, 0.25) is 0 Å². The molecular weight excluding hydrogens is 322 g/mol. The van der Waals surface area contributed by atoms with Crippen molar-refractivity contribution in [1.29, 1.82) is 0 Å². The Hall–Kier alpha value is -2.83. The number of nitrogens with one attached hydrogen (secondary N) is 1. The lowest BCUT2D eigenvalue weighted by Crippen LogP contribution is -2.45. The molecule has 1 aliphatic heterocycles. The number of urea groups is 1. The standard InChI is InChI=1S/C18H21N3O4/c1-11-15(12(2)25-20-11)10-21-16(22)18(3,19-17(21)23)9-13-5-7-14(24-4)8-6-13/h5-8H,9-10H2,1-4H3,(H,19,23). The van der Waals surface area contributed by atoms with Crippen LogP contribution in [0.4, 0.5) is 4.79 Å². The number of carbonyl (C=O) groups is 2. The van der Waals surface area contributed by atoms with E-state index in [0.29, 0.717) is 17.9 Å². The molecule has 7 nitrogen and oxygen atoms in total. The van der Waals surface area contributed by atoms with Crippen LogP contribution in [-0.4, -0.2) is 34.6 Å². The third kappa shape index (κ3) is 3.09. The summed E-state index contributed by atoms with van der Waals surface area (Å²) >= 11 is 0. The Kier molecular flexibility index (Phi) is 4.24. The number of amides is 3. The van der Waals surface area contributed by atoms with E-state index in [-0.39, 0.29) is 12.5 Å². The molecule has 7 heteroatoms. The largest absolute Gasteiger partial charge is 0.497 e. The summed E-state index contributed by atoms with van der Waals surface area (Å²) in [6, 6.07) is 7.05. The van der Waals surface area contributed by atoms with E-state index in [9.17, 15) is 9.59 Å². The number of nitrogens with zero attached hydrogens (tertiary/aromatic N) is 2. The first kappa shape index (κ1) is 17.0. The summed E-state index contributed by atoms with van der Waals surface area (Å²) in [6.07, 6.45) is 0.402. The average molecular weight is 343 g/mol. The van der Waals surface area contributed by atoms with Gasteiger partial charge in [-0.25, -0.2) is 4.79 Å². The van der Waals surface area contributed by atoms with Crippen LogP contribution in [0.5, 0.6) is 5.75 Å². The van der Waals surface area contributed by atoms with Crippen molar-refractivity contribution in [2.24, 2.45) is 0 Å². The quantitative estimate of drug-likeness (QED) is 0.843. The molecule has 132 valence electrons. The maximum Gasteiger partial charge on any atom is 0.325 e. The number of imide groups is 1. The number of hydrogen-bond acceptors (Lipinski definition) is 5. The van der Waals surface area contributed by atoms with E-state index in [1.807, 2.05) is 24.3 Å². The van der Waals surface area contributed by atoms with E-state index < -0.39 is 11.6 Å². The fraction of sp³-hybridized carbons (Fsp3) is 0.389. The number of methoxy groups -OCH3 is 1. The minimum absolute atomic E-state index is 0.157. The molecule has 0 saturated carbocycles. The summed E-state index contributed by atoms with van der Waals surface area (Å²) in [5.74, 6) is 1.10. The third-order valence-corrected chi connectivity index (χ3v) is 4.56. The summed E-state index contributed by atoms with van der Waals surface area (Å²) in [4.78, 5) is 26.5. The highest BCUT2D eigenvalue weighted by molar-refractivity contribution is 6.06. The lowest BCUT2D eigenvalue weighted by atomic mass is 9.92. The Morgan fingerprint density at radius 1 is 1.24 bits per heavy atom. The number of benzene rings is 1. The monoisotopic (exact) mass is 343 g/mol. The number of aromatic nitrogens is 1. The summed E-state index contributed by atoms with van der Waals surface area (Å²) in [6.45, 7) is 5.46. The zero-order valence-corrected chi connectivity index (χ0v) is 14.8. The Morgan fingerprint density at radius 2 is 1.92 bits per heavy atom. The van der Waals surface area contributed by atoms with Gasteiger partial charge in [0.1, 0.15) is 17.0 Å². The van der Waals surface area contributed by atoms with Crippen molar-refractivity contribution in [3.05, 3.63) is 46.8 Å². The molecule has 1 N–H and O–H groups in total. The molecule has 0 radical (unpaired) electrons. The topological polar surface area (TPSA) is 84.7 Å². The zero-order chi connectivity index (χ0) is 18.2. The molecular formula is C18H21N3O4. The van der Waals surface area contributed by atoms with Gasteiger partial charge in [0.25, 0.3) is 5.91 Å². The van der Waals surface area contributed by atoms with E-state index in [4.69, 9.17) is 9.26 Å². The average Bonchev–Trinajstić information content (AvgIpc) is 3.00. The first-order valence-electron chi connectivity index (χ1n) is 8.03. The second-order valence-corrected chi connectivity index (χ2v) is 6.48. The van der Waals surface area contributed by atoms with Crippen LogP contribution in [-0.2, 0) is 17.8 Å². The summed E-state index contributed by atoms with van der Waals surface area (Å²) in [7, 11) is 1.60. The van der Waals surface area contributed by atoms with Crippen molar-refractivity contribution in [2.75, 3.05) is 7.11 Å². The molecule has 1 saturated heterocycles. The number of hydrogen-bond donors (Lipinski definition) is 1. The van der Waals surface area contributed by atoms with Crippen molar-refractivity contribution in [3.8, 4) is 5.75 Å². The van der Waals surface area contributed by atoms with Gasteiger partial charge >= 0.3 is 6.03 Å². The maximum absolute atomic E-state index is 12.9. The van der Waals surface area contributed by atoms with Gasteiger partial charge in [0.2, 0.25) is 0 Å². The second-order valence-electron chi connectivity index (χ2n) is 6.48. The van der Waals surface area contributed by atoms with Crippen LogP contribution < -0.4 is 10.1 Å². The smallest absolute Gasteiger partial charge is 0.325 e. The third-order valence-electron chi connectivity index (χ3n) is 4.56. The van der Waals surface area contributed by atoms with Crippen LogP contribution in [0.1, 0.15) is 29.5 Å². The van der Waals surface area contributed by atoms with Gasteiger partial charge < -0.3 is 14.6 Å². The second kappa shape index (κ2) is 6.23. The van der Waals surface area contributed by atoms with E-state index in [1.165, 1.54) is 4.90 Å². The number of ether oxygens (including phenoxy) is 1. The minimum Gasteiger partial charge on any atom is -0.497 e. The maximum atomic E-state index is 12.9. The predicted octanol–water partition coefficient (Wildman–Crippen LogP) is 2.35. The summed E-state index contributed by atoms with van der Waals surface area (Å²) < 4.78 is 10.3. The number of carbonyl (C=O) groups excluding carboxylic acids is 2. The first-order chi connectivity index (χ1) is 11.8. The van der Waals surface area contributed by atoms with Crippen molar-refractivity contribution in [1.82, 2.24) is 15.4 Å². The Morgan fingerprint density at radius 3 is 2.48 bits per heavy atom. The SMILES string of the molecule is COc1ccc(CC2(C)NC(=O)N(Cc3c(C)noc3C)C2=O)cc1. The predicted molar refractivity (Wildman–Crippen MR) is 90.2 cm³/mol. The molecule has 0 bridgehead atoms. The van der Waals surface area contributed by atoms with Gasteiger partial charge in [-0.15, -0.1) is 0 Å². The molecule has 0 spiro atoms. The van der Waals surface area contributed by atoms with Crippen molar-refractivity contribution in [2.45, 2.75) is 39.3 Å². The van der Waals surface area contributed by atoms with Crippen LogP contribution in [0.25, 0.3) is 0 Å². The Balaban J connectivity index is 1.79. The van der Waals surface area contributed by atoms with Crippen LogP contribution in [0.3, 0.4) is 0 Å². The normalized spacial score (nSPS) is 20.1. The molecule has 2 heterocycles. The highest BCUT2D eigenvalue weighted by atomic mass is 16.5. The molecule has 25 heavy (non-hydrogen) atoms. The van der Waals surface area contributed by atoms with Gasteiger partial charge in [-0.2, -0.15) is 0 Å². The van der Waals surface area contributed by atoms with E-state index in [2.05, 4.69) is 10.5 Å². The molecule has 1 unspecified atom stereocenters. The van der Waals surface area contributed by atoms with Crippen molar-refractivity contribution >= 4 is 11.9 Å². The van der Waals surface area contributed by atoms with Gasteiger partial charge in [0.05, 0.1) is 19.3 Å². The van der Waals surface area contributed by atoms with Gasteiger partial charge in [-0.1, -0.05) is 17.3 Å². The van der Waals surface area contributed by atoms with Gasteiger partial charge in [-0.3, -0.25) is 9.69 Å². The molecule has 3 rings (SSSR count). The molecule has 1 aliphatic rings. The molecule has 1 atom stereocenters. The van der Waals surface area contributed by atoms with E-state index in [1.54, 1.807) is 27.9 Å². The van der Waals surface area contributed by atoms with Crippen LogP contribution in [0, 0.1) is 13.8 Å². The zero-order valence-electron chi connectivity index (χ0n) is 14.8. The first-order valence-corrected chi connectivity index (χ1v) is 8.03. The highest BCUT2D eigenvalue weighted by Crippen LogP contribution is 2.26. The number of rotatable bonds is 5. The molecule has 1 fully saturated rings. The fourth-order valence-electron chi connectivity index (χ4n) is 3.05. The highest BCUT2D eigenvalue weighted by Gasteiger charge is 2.48. The molecule has 1 aromatic heterocycles. The van der Waals surface area contributed by atoms with Gasteiger partial charge in [0.15, 0.2) is 0 Å².